The lowest BCUT2D eigenvalue weighted by Crippen LogP contribution is -2.14. The molecule has 4 aromatic rings. The highest BCUT2D eigenvalue weighted by Crippen LogP contribution is 2.35. The summed E-state index contributed by atoms with van der Waals surface area (Å²) in [7, 11) is 0. The maximum absolute atomic E-state index is 12.7. The number of anilines is 1. The maximum Gasteiger partial charge on any atom is 0.295 e. The number of carbonyl (C=O) groups excluding carboxylic acids is 1. The van der Waals surface area contributed by atoms with E-state index in [1.54, 1.807) is 24.4 Å². The SMILES string of the molecule is Cc1ccnc2nc(C(=O)Nc3cc(Cl)ccc3Sc3ccccc3)nn12. The first-order chi connectivity index (χ1) is 13.1. The van der Waals surface area contributed by atoms with E-state index < -0.39 is 5.91 Å². The molecule has 1 N–H and O–H groups in total. The molecule has 8 heteroatoms. The summed E-state index contributed by atoms with van der Waals surface area (Å²) < 4.78 is 1.53. The van der Waals surface area contributed by atoms with Gasteiger partial charge in [-0.05, 0) is 43.3 Å². The third-order valence-electron chi connectivity index (χ3n) is 3.79. The van der Waals surface area contributed by atoms with Crippen molar-refractivity contribution < 1.29 is 4.79 Å². The van der Waals surface area contributed by atoms with Crippen LogP contribution < -0.4 is 5.32 Å². The topological polar surface area (TPSA) is 72.2 Å². The quantitative estimate of drug-likeness (QED) is 0.551. The molecule has 0 spiro atoms. The van der Waals surface area contributed by atoms with Crippen LogP contribution in [0.15, 0.2) is 70.6 Å². The Morgan fingerprint density at radius 2 is 1.96 bits per heavy atom. The number of rotatable bonds is 4. The first-order valence-corrected chi connectivity index (χ1v) is 9.32. The van der Waals surface area contributed by atoms with Crippen LogP contribution in [-0.2, 0) is 0 Å². The van der Waals surface area contributed by atoms with Crippen LogP contribution in [0, 0.1) is 6.92 Å². The predicted molar refractivity (Wildman–Crippen MR) is 105 cm³/mol. The van der Waals surface area contributed by atoms with E-state index in [9.17, 15) is 4.79 Å². The molecule has 2 heterocycles. The molecule has 0 fully saturated rings. The molecule has 2 aromatic carbocycles. The number of nitrogens with one attached hydrogen (secondary N) is 1. The number of aromatic nitrogens is 4. The van der Waals surface area contributed by atoms with Gasteiger partial charge in [0.15, 0.2) is 0 Å². The van der Waals surface area contributed by atoms with Crippen LogP contribution in [0.1, 0.15) is 16.3 Å². The van der Waals surface area contributed by atoms with E-state index >= 15 is 0 Å². The van der Waals surface area contributed by atoms with Crippen LogP contribution in [0.4, 0.5) is 5.69 Å². The monoisotopic (exact) mass is 395 g/mol. The highest BCUT2D eigenvalue weighted by atomic mass is 35.5. The van der Waals surface area contributed by atoms with Gasteiger partial charge in [0.25, 0.3) is 11.7 Å². The van der Waals surface area contributed by atoms with Crippen molar-refractivity contribution in [2.45, 2.75) is 16.7 Å². The fourth-order valence-electron chi connectivity index (χ4n) is 2.49. The Morgan fingerprint density at radius 3 is 2.74 bits per heavy atom. The molecule has 0 aliphatic rings. The summed E-state index contributed by atoms with van der Waals surface area (Å²) in [5, 5.41) is 7.62. The number of aryl methyl sites for hydroxylation is 1. The highest BCUT2D eigenvalue weighted by molar-refractivity contribution is 7.99. The Kier molecular flexibility index (Phi) is 4.79. The maximum atomic E-state index is 12.7. The second-order valence-corrected chi connectivity index (χ2v) is 7.29. The minimum atomic E-state index is -0.419. The van der Waals surface area contributed by atoms with Crippen molar-refractivity contribution in [1.29, 1.82) is 0 Å². The number of benzene rings is 2. The molecular formula is C19H14ClN5OS. The van der Waals surface area contributed by atoms with Crippen molar-refractivity contribution in [3.05, 3.63) is 77.3 Å². The number of amides is 1. The van der Waals surface area contributed by atoms with Crippen LogP contribution in [0.2, 0.25) is 5.02 Å². The Labute approximate surface area is 164 Å². The fourth-order valence-corrected chi connectivity index (χ4v) is 3.56. The van der Waals surface area contributed by atoms with Crippen molar-refractivity contribution in [3.63, 3.8) is 0 Å². The zero-order chi connectivity index (χ0) is 18.8. The van der Waals surface area contributed by atoms with Gasteiger partial charge in [-0.15, -0.1) is 5.10 Å². The van der Waals surface area contributed by atoms with E-state index in [0.717, 1.165) is 15.5 Å². The van der Waals surface area contributed by atoms with E-state index in [0.29, 0.717) is 16.5 Å². The Hall–Kier alpha value is -2.90. The summed E-state index contributed by atoms with van der Waals surface area (Å²) in [4.78, 5) is 22.9. The van der Waals surface area contributed by atoms with Gasteiger partial charge >= 0.3 is 0 Å². The number of hydrogen-bond donors (Lipinski definition) is 1. The summed E-state index contributed by atoms with van der Waals surface area (Å²) in [6, 6.07) is 17.1. The summed E-state index contributed by atoms with van der Waals surface area (Å²) in [6.07, 6.45) is 1.63. The van der Waals surface area contributed by atoms with Gasteiger partial charge < -0.3 is 5.32 Å². The minimum Gasteiger partial charge on any atom is -0.318 e. The summed E-state index contributed by atoms with van der Waals surface area (Å²) >= 11 is 7.66. The molecule has 0 unspecified atom stereocenters. The lowest BCUT2D eigenvalue weighted by molar-refractivity contribution is 0.101. The number of carbonyl (C=O) groups is 1. The molecular weight excluding hydrogens is 382 g/mol. The normalized spacial score (nSPS) is 10.9. The molecule has 27 heavy (non-hydrogen) atoms. The van der Waals surface area contributed by atoms with Crippen molar-refractivity contribution in [1.82, 2.24) is 19.6 Å². The molecule has 0 atom stereocenters. The van der Waals surface area contributed by atoms with Gasteiger partial charge in [0.2, 0.25) is 5.82 Å². The number of fused-ring (bicyclic) bond motifs is 1. The number of nitrogens with zero attached hydrogens (tertiary/aromatic N) is 4. The van der Waals surface area contributed by atoms with Gasteiger partial charge in [0, 0.05) is 26.7 Å². The zero-order valence-corrected chi connectivity index (χ0v) is 15.8. The van der Waals surface area contributed by atoms with Crippen molar-refractivity contribution in [2.24, 2.45) is 0 Å². The average molecular weight is 396 g/mol. The number of hydrogen-bond acceptors (Lipinski definition) is 5. The van der Waals surface area contributed by atoms with Crippen LogP contribution >= 0.6 is 23.4 Å². The molecule has 1 amide bonds. The van der Waals surface area contributed by atoms with Crippen molar-refractivity contribution >= 4 is 40.7 Å². The van der Waals surface area contributed by atoms with E-state index in [-0.39, 0.29) is 5.82 Å². The van der Waals surface area contributed by atoms with Gasteiger partial charge in [-0.3, -0.25) is 4.79 Å². The smallest absolute Gasteiger partial charge is 0.295 e. The second kappa shape index (κ2) is 7.38. The molecule has 4 rings (SSSR count). The van der Waals surface area contributed by atoms with Gasteiger partial charge in [-0.2, -0.15) is 4.98 Å². The molecule has 0 radical (unpaired) electrons. The van der Waals surface area contributed by atoms with Crippen LogP contribution in [0.3, 0.4) is 0 Å². The van der Waals surface area contributed by atoms with Crippen LogP contribution in [0.5, 0.6) is 0 Å². The van der Waals surface area contributed by atoms with Gasteiger partial charge in [0.05, 0.1) is 5.69 Å². The van der Waals surface area contributed by atoms with Gasteiger partial charge in [0.1, 0.15) is 0 Å². The lowest BCUT2D eigenvalue weighted by Gasteiger charge is -2.10. The first-order valence-electron chi connectivity index (χ1n) is 8.12. The third kappa shape index (κ3) is 3.79. The zero-order valence-electron chi connectivity index (χ0n) is 14.3. The summed E-state index contributed by atoms with van der Waals surface area (Å²) in [5.41, 5.74) is 1.44. The Bertz CT molecular complexity index is 1130. The molecule has 0 bridgehead atoms. The second-order valence-electron chi connectivity index (χ2n) is 5.74. The number of halogens is 1. The predicted octanol–water partition coefficient (Wildman–Crippen LogP) is 4.49. The van der Waals surface area contributed by atoms with Crippen molar-refractivity contribution in [2.75, 3.05) is 5.32 Å². The van der Waals surface area contributed by atoms with Crippen LogP contribution in [0.25, 0.3) is 5.78 Å². The molecule has 0 saturated carbocycles. The van der Waals surface area contributed by atoms with Crippen molar-refractivity contribution in [3.8, 4) is 0 Å². The minimum absolute atomic E-state index is 0.0486. The fraction of sp³-hybridized carbons (Fsp3) is 0.0526. The summed E-state index contributed by atoms with van der Waals surface area (Å²) in [5.74, 6) is 0.00893. The molecule has 134 valence electrons. The van der Waals surface area contributed by atoms with E-state index in [1.807, 2.05) is 43.3 Å². The molecule has 0 aliphatic heterocycles. The van der Waals surface area contributed by atoms with E-state index in [1.165, 1.54) is 16.3 Å². The first kappa shape index (κ1) is 17.5. The third-order valence-corrected chi connectivity index (χ3v) is 5.11. The van der Waals surface area contributed by atoms with E-state index in [4.69, 9.17) is 11.6 Å². The Balaban J connectivity index is 1.63. The highest BCUT2D eigenvalue weighted by Gasteiger charge is 2.16. The molecule has 0 aliphatic carbocycles. The Morgan fingerprint density at radius 1 is 1.15 bits per heavy atom. The molecule has 2 aromatic heterocycles. The van der Waals surface area contributed by atoms with Crippen LogP contribution in [-0.4, -0.2) is 25.5 Å². The standard InChI is InChI=1S/C19H14ClN5OS/c1-12-9-10-21-19-23-17(24-25(12)19)18(26)22-15-11-13(20)7-8-16(15)27-14-5-3-2-4-6-14/h2-11H,1H3,(H,22,26). The molecule has 6 nitrogen and oxygen atoms in total. The average Bonchev–Trinajstić information content (AvgIpc) is 3.11. The van der Waals surface area contributed by atoms with Gasteiger partial charge in [-0.1, -0.05) is 41.6 Å². The van der Waals surface area contributed by atoms with Gasteiger partial charge in [-0.25, -0.2) is 9.50 Å². The largest absolute Gasteiger partial charge is 0.318 e. The lowest BCUT2D eigenvalue weighted by atomic mass is 10.3. The summed E-state index contributed by atoms with van der Waals surface area (Å²) in [6.45, 7) is 1.87. The van der Waals surface area contributed by atoms with E-state index in [2.05, 4.69) is 20.4 Å². The molecule has 0 saturated heterocycles.